The molecular weight excluding hydrogens is 238 g/mol. The minimum Gasteiger partial charge on any atom is -0.474 e. The predicted octanol–water partition coefficient (Wildman–Crippen LogP) is 2.58. The van der Waals surface area contributed by atoms with E-state index in [0.29, 0.717) is 11.9 Å². The minimum atomic E-state index is 0.141. The van der Waals surface area contributed by atoms with Crippen LogP contribution in [0.2, 0.25) is 0 Å². The van der Waals surface area contributed by atoms with Gasteiger partial charge in [0.05, 0.1) is 18.0 Å². The smallest absolute Gasteiger partial charge is 0.232 e. The molecule has 4 nitrogen and oxygen atoms in total. The van der Waals surface area contributed by atoms with Crippen LogP contribution >= 0.6 is 0 Å². The summed E-state index contributed by atoms with van der Waals surface area (Å²) >= 11 is 0. The van der Waals surface area contributed by atoms with Gasteiger partial charge in [0.2, 0.25) is 5.88 Å². The maximum Gasteiger partial charge on any atom is 0.232 e. The lowest BCUT2D eigenvalue weighted by Gasteiger charge is -2.17. The molecular formula is C15H25N3O. The van der Waals surface area contributed by atoms with Crippen molar-refractivity contribution in [3.63, 3.8) is 0 Å². The maximum absolute atomic E-state index is 5.60. The van der Waals surface area contributed by atoms with E-state index in [4.69, 9.17) is 4.74 Å². The average Bonchev–Trinajstić information content (AvgIpc) is 3.18. The van der Waals surface area contributed by atoms with Crippen molar-refractivity contribution >= 4 is 0 Å². The standard InChI is InChI=1S/C15H25N3O/c1-4-7-17-14(12-5-6-12)8-13-9-16-10-15(18-13)19-11(2)3/h9-12,14,17H,4-8H2,1-3H3. The van der Waals surface area contributed by atoms with E-state index in [9.17, 15) is 0 Å². The quantitative estimate of drug-likeness (QED) is 0.783. The van der Waals surface area contributed by atoms with E-state index in [1.165, 1.54) is 19.3 Å². The van der Waals surface area contributed by atoms with Crippen LogP contribution in [0.15, 0.2) is 12.4 Å². The summed E-state index contributed by atoms with van der Waals surface area (Å²) in [5, 5.41) is 3.63. The number of hydrogen-bond donors (Lipinski definition) is 1. The van der Waals surface area contributed by atoms with Gasteiger partial charge in [-0.15, -0.1) is 0 Å². The number of aromatic nitrogens is 2. The molecule has 1 fully saturated rings. The van der Waals surface area contributed by atoms with Crippen LogP contribution in [0.1, 0.15) is 45.7 Å². The fourth-order valence-corrected chi connectivity index (χ4v) is 2.24. The van der Waals surface area contributed by atoms with Crippen LogP contribution in [0, 0.1) is 5.92 Å². The summed E-state index contributed by atoms with van der Waals surface area (Å²) in [6.07, 6.45) is 8.50. The highest BCUT2D eigenvalue weighted by Crippen LogP contribution is 2.34. The van der Waals surface area contributed by atoms with Gasteiger partial charge in [0.1, 0.15) is 0 Å². The second-order valence-electron chi connectivity index (χ2n) is 5.62. The molecule has 1 aliphatic carbocycles. The molecule has 4 heteroatoms. The molecule has 0 radical (unpaired) electrons. The van der Waals surface area contributed by atoms with Gasteiger partial charge in [-0.1, -0.05) is 6.92 Å². The first-order valence-electron chi connectivity index (χ1n) is 7.40. The molecule has 0 aliphatic heterocycles. The molecule has 1 aromatic heterocycles. The van der Waals surface area contributed by atoms with Gasteiger partial charge < -0.3 is 10.1 Å². The van der Waals surface area contributed by atoms with Gasteiger partial charge in [0, 0.05) is 18.7 Å². The van der Waals surface area contributed by atoms with Gasteiger partial charge in [0.15, 0.2) is 0 Å². The van der Waals surface area contributed by atoms with Gasteiger partial charge >= 0.3 is 0 Å². The summed E-state index contributed by atoms with van der Waals surface area (Å²) < 4.78 is 5.60. The van der Waals surface area contributed by atoms with Gasteiger partial charge in [-0.25, -0.2) is 4.98 Å². The lowest BCUT2D eigenvalue weighted by Crippen LogP contribution is -2.34. The van der Waals surface area contributed by atoms with Crippen molar-refractivity contribution in [2.45, 2.75) is 58.6 Å². The van der Waals surface area contributed by atoms with E-state index in [2.05, 4.69) is 22.2 Å². The van der Waals surface area contributed by atoms with E-state index in [0.717, 1.165) is 24.6 Å². The summed E-state index contributed by atoms with van der Waals surface area (Å²) in [7, 11) is 0. The predicted molar refractivity (Wildman–Crippen MR) is 76.3 cm³/mol. The van der Waals surface area contributed by atoms with E-state index < -0.39 is 0 Å². The Balaban J connectivity index is 1.95. The molecule has 0 spiro atoms. The molecule has 1 unspecified atom stereocenters. The number of nitrogens with zero attached hydrogens (tertiary/aromatic N) is 2. The Kier molecular flexibility index (Phi) is 5.14. The molecule has 0 saturated heterocycles. The van der Waals surface area contributed by atoms with Crippen LogP contribution in [-0.4, -0.2) is 28.7 Å². The Hall–Kier alpha value is -1.16. The highest BCUT2D eigenvalue weighted by Gasteiger charge is 2.31. The number of hydrogen-bond acceptors (Lipinski definition) is 4. The van der Waals surface area contributed by atoms with Crippen molar-refractivity contribution in [2.24, 2.45) is 5.92 Å². The van der Waals surface area contributed by atoms with Crippen LogP contribution in [0.25, 0.3) is 0 Å². The Morgan fingerprint density at radius 1 is 1.37 bits per heavy atom. The van der Waals surface area contributed by atoms with Crippen LogP contribution in [0.3, 0.4) is 0 Å². The molecule has 0 aromatic carbocycles. The van der Waals surface area contributed by atoms with Crippen molar-refractivity contribution in [1.82, 2.24) is 15.3 Å². The maximum atomic E-state index is 5.60. The van der Waals surface area contributed by atoms with Crippen molar-refractivity contribution in [3.8, 4) is 5.88 Å². The second-order valence-corrected chi connectivity index (χ2v) is 5.62. The molecule has 2 rings (SSSR count). The highest BCUT2D eigenvalue weighted by atomic mass is 16.5. The molecule has 0 amide bonds. The minimum absolute atomic E-state index is 0.141. The summed E-state index contributed by atoms with van der Waals surface area (Å²) in [5.74, 6) is 1.46. The van der Waals surface area contributed by atoms with E-state index >= 15 is 0 Å². The van der Waals surface area contributed by atoms with Crippen molar-refractivity contribution in [2.75, 3.05) is 6.54 Å². The zero-order chi connectivity index (χ0) is 13.7. The first-order chi connectivity index (χ1) is 9.19. The molecule has 1 heterocycles. The van der Waals surface area contributed by atoms with E-state index in [1.54, 1.807) is 6.20 Å². The topological polar surface area (TPSA) is 47.0 Å². The lowest BCUT2D eigenvalue weighted by atomic mass is 10.1. The Labute approximate surface area is 116 Å². The lowest BCUT2D eigenvalue weighted by molar-refractivity contribution is 0.230. The third kappa shape index (κ3) is 4.78. The molecule has 1 saturated carbocycles. The average molecular weight is 263 g/mol. The molecule has 106 valence electrons. The monoisotopic (exact) mass is 263 g/mol. The number of rotatable bonds is 8. The van der Waals surface area contributed by atoms with Gasteiger partial charge in [-0.3, -0.25) is 4.98 Å². The first kappa shape index (κ1) is 14.3. The third-order valence-electron chi connectivity index (χ3n) is 3.30. The van der Waals surface area contributed by atoms with Gasteiger partial charge in [-0.05, 0) is 45.6 Å². The number of nitrogens with one attached hydrogen (secondary N) is 1. The molecule has 1 aromatic rings. The van der Waals surface area contributed by atoms with E-state index in [-0.39, 0.29) is 6.10 Å². The normalized spacial score (nSPS) is 16.6. The van der Waals surface area contributed by atoms with Crippen LogP contribution in [0.5, 0.6) is 5.88 Å². The Morgan fingerprint density at radius 3 is 2.79 bits per heavy atom. The Morgan fingerprint density at radius 2 is 2.16 bits per heavy atom. The van der Waals surface area contributed by atoms with Crippen LogP contribution in [-0.2, 0) is 6.42 Å². The summed E-state index contributed by atoms with van der Waals surface area (Å²) in [4.78, 5) is 8.78. The molecule has 0 bridgehead atoms. The van der Waals surface area contributed by atoms with E-state index in [1.807, 2.05) is 20.0 Å². The van der Waals surface area contributed by atoms with Crippen molar-refractivity contribution in [1.29, 1.82) is 0 Å². The van der Waals surface area contributed by atoms with Crippen molar-refractivity contribution < 1.29 is 4.74 Å². The summed E-state index contributed by atoms with van der Waals surface area (Å²) in [6.45, 7) is 7.29. The first-order valence-corrected chi connectivity index (χ1v) is 7.40. The third-order valence-corrected chi connectivity index (χ3v) is 3.30. The van der Waals surface area contributed by atoms with Gasteiger partial charge in [-0.2, -0.15) is 0 Å². The summed E-state index contributed by atoms with van der Waals surface area (Å²) in [5.41, 5.74) is 1.03. The molecule has 19 heavy (non-hydrogen) atoms. The number of ether oxygens (including phenoxy) is 1. The Bertz CT molecular complexity index is 391. The zero-order valence-electron chi connectivity index (χ0n) is 12.2. The zero-order valence-corrected chi connectivity index (χ0v) is 12.2. The second kappa shape index (κ2) is 6.85. The van der Waals surface area contributed by atoms with Crippen LogP contribution in [0.4, 0.5) is 0 Å². The van der Waals surface area contributed by atoms with Gasteiger partial charge in [0.25, 0.3) is 0 Å². The van der Waals surface area contributed by atoms with Crippen molar-refractivity contribution in [3.05, 3.63) is 18.1 Å². The highest BCUT2D eigenvalue weighted by molar-refractivity contribution is 5.10. The SMILES string of the molecule is CCCNC(Cc1cncc(OC(C)C)n1)C1CC1. The van der Waals surface area contributed by atoms with Crippen LogP contribution < -0.4 is 10.1 Å². The fraction of sp³-hybridized carbons (Fsp3) is 0.733. The fourth-order valence-electron chi connectivity index (χ4n) is 2.24. The molecule has 1 atom stereocenters. The summed E-state index contributed by atoms with van der Waals surface area (Å²) in [6, 6.07) is 0.545. The molecule has 1 N–H and O–H groups in total. The largest absolute Gasteiger partial charge is 0.474 e. The molecule has 1 aliphatic rings.